The van der Waals surface area contributed by atoms with E-state index < -0.39 is 0 Å². The zero-order chi connectivity index (χ0) is 12.0. The molecule has 90 valence electrons. The summed E-state index contributed by atoms with van der Waals surface area (Å²) in [5.74, 6) is 0.593. The molecule has 0 bridgehead atoms. The molecule has 0 amide bonds. The lowest BCUT2D eigenvalue weighted by Gasteiger charge is -2.17. The normalized spacial score (nSPS) is 13.1. The van der Waals surface area contributed by atoms with E-state index in [0.717, 1.165) is 13.2 Å². The Morgan fingerprint density at radius 1 is 1.12 bits per heavy atom. The highest BCUT2D eigenvalue weighted by atomic mass is 16.5. The second-order valence-corrected chi connectivity index (χ2v) is 4.68. The van der Waals surface area contributed by atoms with Gasteiger partial charge in [0.25, 0.3) is 0 Å². The molecule has 1 aromatic carbocycles. The van der Waals surface area contributed by atoms with Gasteiger partial charge < -0.3 is 10.1 Å². The van der Waals surface area contributed by atoms with Crippen molar-refractivity contribution in [1.82, 2.24) is 5.32 Å². The molecular formula is C14H23NO. The van der Waals surface area contributed by atoms with Gasteiger partial charge in [0.2, 0.25) is 0 Å². The van der Waals surface area contributed by atoms with Crippen LogP contribution in [-0.2, 0) is 4.74 Å². The van der Waals surface area contributed by atoms with Gasteiger partial charge in [-0.15, -0.1) is 0 Å². The number of rotatable bonds is 6. The van der Waals surface area contributed by atoms with Gasteiger partial charge in [-0.3, -0.25) is 0 Å². The van der Waals surface area contributed by atoms with Crippen LogP contribution in [0.1, 0.15) is 31.0 Å². The molecule has 1 aromatic rings. The molecule has 1 N–H and O–H groups in total. The molecule has 1 atom stereocenters. The van der Waals surface area contributed by atoms with E-state index in [9.17, 15) is 0 Å². The number of ether oxygens (including phenoxy) is 1. The van der Waals surface area contributed by atoms with Gasteiger partial charge in [-0.05, 0) is 25.5 Å². The van der Waals surface area contributed by atoms with Crippen molar-refractivity contribution in [2.24, 2.45) is 5.92 Å². The summed E-state index contributed by atoms with van der Waals surface area (Å²) in [5.41, 5.74) is 2.58. The van der Waals surface area contributed by atoms with Crippen molar-refractivity contribution in [3.63, 3.8) is 0 Å². The van der Waals surface area contributed by atoms with Crippen LogP contribution in [0, 0.1) is 12.8 Å². The Morgan fingerprint density at radius 2 is 1.75 bits per heavy atom. The Kier molecular flexibility index (Phi) is 5.50. The average molecular weight is 221 g/mol. The molecule has 0 aliphatic heterocycles. The molecule has 0 aromatic heterocycles. The molecule has 0 aliphatic carbocycles. The van der Waals surface area contributed by atoms with Gasteiger partial charge in [0.15, 0.2) is 0 Å². The SMILES string of the molecule is CNC(COCC(C)C)c1ccc(C)cc1. The van der Waals surface area contributed by atoms with Crippen LogP contribution in [0.3, 0.4) is 0 Å². The average Bonchev–Trinajstić information content (AvgIpc) is 2.26. The standard InChI is InChI=1S/C14H23NO/c1-11(2)9-16-10-14(15-4)13-7-5-12(3)6-8-13/h5-8,11,14-15H,9-10H2,1-4H3. The smallest absolute Gasteiger partial charge is 0.0661 e. The monoisotopic (exact) mass is 221 g/mol. The third kappa shape index (κ3) is 4.33. The molecule has 0 spiro atoms. The summed E-state index contributed by atoms with van der Waals surface area (Å²) in [6.45, 7) is 8.00. The van der Waals surface area contributed by atoms with Crippen LogP contribution in [-0.4, -0.2) is 20.3 Å². The fraction of sp³-hybridized carbons (Fsp3) is 0.571. The lowest BCUT2D eigenvalue weighted by atomic mass is 10.1. The van der Waals surface area contributed by atoms with Crippen molar-refractivity contribution in [3.8, 4) is 0 Å². The van der Waals surface area contributed by atoms with Crippen molar-refractivity contribution in [3.05, 3.63) is 35.4 Å². The molecule has 0 saturated heterocycles. The maximum atomic E-state index is 5.67. The first kappa shape index (κ1) is 13.2. The van der Waals surface area contributed by atoms with Gasteiger partial charge in [-0.2, -0.15) is 0 Å². The second-order valence-electron chi connectivity index (χ2n) is 4.68. The van der Waals surface area contributed by atoms with E-state index in [1.165, 1.54) is 11.1 Å². The summed E-state index contributed by atoms with van der Waals surface area (Å²) in [5, 5.41) is 3.29. The minimum Gasteiger partial charge on any atom is -0.379 e. The van der Waals surface area contributed by atoms with Crippen LogP contribution in [0.15, 0.2) is 24.3 Å². The molecular weight excluding hydrogens is 198 g/mol. The van der Waals surface area contributed by atoms with Gasteiger partial charge in [0.05, 0.1) is 12.6 Å². The van der Waals surface area contributed by atoms with E-state index >= 15 is 0 Å². The molecule has 2 nitrogen and oxygen atoms in total. The lowest BCUT2D eigenvalue weighted by molar-refractivity contribution is 0.0919. The molecule has 0 heterocycles. The Hall–Kier alpha value is -0.860. The van der Waals surface area contributed by atoms with Crippen molar-refractivity contribution < 1.29 is 4.74 Å². The Bertz CT molecular complexity index is 292. The van der Waals surface area contributed by atoms with Crippen molar-refractivity contribution in [1.29, 1.82) is 0 Å². The summed E-state index contributed by atoms with van der Waals surface area (Å²) in [6.07, 6.45) is 0. The maximum Gasteiger partial charge on any atom is 0.0661 e. The van der Waals surface area contributed by atoms with Gasteiger partial charge in [-0.25, -0.2) is 0 Å². The van der Waals surface area contributed by atoms with Gasteiger partial charge in [0, 0.05) is 6.61 Å². The number of aryl methyl sites for hydroxylation is 1. The predicted molar refractivity (Wildman–Crippen MR) is 68.6 cm³/mol. The molecule has 1 unspecified atom stereocenters. The Balaban J connectivity index is 2.50. The highest BCUT2D eigenvalue weighted by Crippen LogP contribution is 2.14. The van der Waals surface area contributed by atoms with Crippen LogP contribution in [0.5, 0.6) is 0 Å². The third-order valence-corrected chi connectivity index (χ3v) is 2.56. The van der Waals surface area contributed by atoms with E-state index in [0.29, 0.717) is 12.0 Å². The van der Waals surface area contributed by atoms with Crippen molar-refractivity contribution in [2.75, 3.05) is 20.3 Å². The molecule has 0 aliphatic rings. The number of hydrogen-bond acceptors (Lipinski definition) is 2. The van der Waals surface area contributed by atoms with E-state index in [1.54, 1.807) is 0 Å². The number of nitrogens with one attached hydrogen (secondary N) is 1. The summed E-state index contributed by atoms with van der Waals surface area (Å²) in [7, 11) is 1.98. The van der Waals surface area contributed by atoms with Crippen LogP contribution >= 0.6 is 0 Å². The van der Waals surface area contributed by atoms with E-state index in [-0.39, 0.29) is 0 Å². The summed E-state index contributed by atoms with van der Waals surface area (Å²) in [4.78, 5) is 0. The first-order chi connectivity index (χ1) is 7.63. The largest absolute Gasteiger partial charge is 0.379 e. The second kappa shape index (κ2) is 6.66. The van der Waals surface area contributed by atoms with E-state index in [2.05, 4.69) is 50.4 Å². The first-order valence-corrected chi connectivity index (χ1v) is 5.95. The Labute approximate surface area is 99.0 Å². The highest BCUT2D eigenvalue weighted by Gasteiger charge is 2.09. The topological polar surface area (TPSA) is 21.3 Å². The molecule has 0 radical (unpaired) electrons. The zero-order valence-corrected chi connectivity index (χ0v) is 10.8. The Morgan fingerprint density at radius 3 is 2.25 bits per heavy atom. The molecule has 2 heteroatoms. The minimum atomic E-state index is 0.291. The third-order valence-electron chi connectivity index (χ3n) is 2.56. The van der Waals surface area contributed by atoms with Gasteiger partial charge >= 0.3 is 0 Å². The number of hydrogen-bond donors (Lipinski definition) is 1. The fourth-order valence-corrected chi connectivity index (χ4v) is 1.57. The first-order valence-electron chi connectivity index (χ1n) is 5.95. The van der Waals surface area contributed by atoms with Gasteiger partial charge in [-0.1, -0.05) is 43.7 Å². The summed E-state index contributed by atoms with van der Waals surface area (Å²) in [6, 6.07) is 8.90. The van der Waals surface area contributed by atoms with Crippen LogP contribution < -0.4 is 5.32 Å². The van der Waals surface area contributed by atoms with Crippen LogP contribution in [0.25, 0.3) is 0 Å². The number of likely N-dealkylation sites (N-methyl/N-ethyl adjacent to an activating group) is 1. The lowest BCUT2D eigenvalue weighted by Crippen LogP contribution is -2.22. The number of benzene rings is 1. The summed E-state index contributed by atoms with van der Waals surface area (Å²) < 4.78 is 5.67. The van der Waals surface area contributed by atoms with E-state index in [1.807, 2.05) is 7.05 Å². The molecule has 0 saturated carbocycles. The predicted octanol–water partition coefficient (Wildman–Crippen LogP) is 2.93. The molecule has 0 fully saturated rings. The van der Waals surface area contributed by atoms with Gasteiger partial charge in [0.1, 0.15) is 0 Å². The maximum absolute atomic E-state index is 5.67. The summed E-state index contributed by atoms with van der Waals surface area (Å²) >= 11 is 0. The highest BCUT2D eigenvalue weighted by molar-refractivity contribution is 5.24. The minimum absolute atomic E-state index is 0.291. The zero-order valence-electron chi connectivity index (χ0n) is 10.8. The molecule has 16 heavy (non-hydrogen) atoms. The quantitative estimate of drug-likeness (QED) is 0.797. The van der Waals surface area contributed by atoms with Crippen molar-refractivity contribution >= 4 is 0 Å². The van der Waals surface area contributed by atoms with Crippen LogP contribution in [0.4, 0.5) is 0 Å². The van der Waals surface area contributed by atoms with Crippen molar-refractivity contribution in [2.45, 2.75) is 26.8 Å². The fourth-order valence-electron chi connectivity index (χ4n) is 1.57. The molecule has 1 rings (SSSR count). The van der Waals surface area contributed by atoms with E-state index in [4.69, 9.17) is 4.74 Å². The van der Waals surface area contributed by atoms with Crippen LogP contribution in [0.2, 0.25) is 0 Å².